The third kappa shape index (κ3) is 24.8. The first-order valence-corrected chi connectivity index (χ1v) is 3.35. The van der Waals surface area contributed by atoms with Gasteiger partial charge in [0, 0.05) is 0 Å². The van der Waals surface area contributed by atoms with E-state index < -0.39 is 11.9 Å². The Bertz CT molecular complexity index is 144. The summed E-state index contributed by atoms with van der Waals surface area (Å²) in [5, 5.41) is 31.0. The van der Waals surface area contributed by atoms with Crippen molar-refractivity contribution < 1.29 is 35.1 Å². The van der Waals surface area contributed by atoms with E-state index in [1.807, 2.05) is 0 Å². The molecular weight excluding hydrogens is 184 g/mol. The predicted octanol–water partition coefficient (Wildman–Crippen LogP) is -0.596. The van der Waals surface area contributed by atoms with Gasteiger partial charge in [0.2, 0.25) is 0 Å². The minimum atomic E-state index is -0.978. The number of aliphatic carboxylic acids is 2. The minimum absolute atomic E-state index is 0.144. The molecular formula is C6H12O7. The summed E-state index contributed by atoms with van der Waals surface area (Å²) < 4.78 is 0. The first-order valence-electron chi connectivity index (χ1n) is 3.35. The van der Waals surface area contributed by atoms with Crippen LogP contribution in [0.4, 0.5) is 0 Å². The Morgan fingerprint density at radius 3 is 1.62 bits per heavy atom. The summed E-state index contributed by atoms with van der Waals surface area (Å²) in [6, 6.07) is 0. The molecule has 0 rings (SSSR count). The van der Waals surface area contributed by atoms with Gasteiger partial charge in [-0.1, -0.05) is 0 Å². The van der Waals surface area contributed by atoms with Crippen molar-refractivity contribution in [2.45, 2.75) is 12.8 Å². The van der Waals surface area contributed by atoms with E-state index in [0.29, 0.717) is 0 Å². The van der Waals surface area contributed by atoms with Crippen molar-refractivity contribution in [3.8, 4) is 0 Å². The highest BCUT2D eigenvalue weighted by Gasteiger charge is 1.92. The van der Waals surface area contributed by atoms with Crippen LogP contribution < -0.4 is 0 Å². The van der Waals surface area contributed by atoms with Crippen molar-refractivity contribution in [2.75, 3.05) is 13.2 Å². The van der Waals surface area contributed by atoms with Crippen molar-refractivity contribution in [3.63, 3.8) is 0 Å². The lowest BCUT2D eigenvalue weighted by molar-refractivity contribution is -0.243. The predicted molar refractivity (Wildman–Crippen MR) is 40.2 cm³/mol. The first-order chi connectivity index (χ1) is 6.04. The van der Waals surface area contributed by atoms with E-state index in [0.717, 1.165) is 0 Å². The van der Waals surface area contributed by atoms with Crippen molar-refractivity contribution in [2.24, 2.45) is 0 Å². The van der Waals surface area contributed by atoms with Crippen LogP contribution in [0.25, 0.3) is 0 Å². The monoisotopic (exact) mass is 196 g/mol. The van der Waals surface area contributed by atoms with E-state index in [1.54, 1.807) is 0 Å². The van der Waals surface area contributed by atoms with Gasteiger partial charge in [0.1, 0.15) is 0 Å². The maximum Gasteiger partial charge on any atom is 0.305 e. The third-order valence-corrected chi connectivity index (χ3v) is 0.733. The number of rotatable bonds is 5. The molecule has 78 valence electrons. The van der Waals surface area contributed by atoms with Gasteiger partial charge in [0.25, 0.3) is 0 Å². The van der Waals surface area contributed by atoms with Crippen LogP contribution >= 0.6 is 0 Å². The van der Waals surface area contributed by atoms with Gasteiger partial charge < -0.3 is 15.3 Å². The van der Waals surface area contributed by atoms with Crippen molar-refractivity contribution in [1.29, 1.82) is 0 Å². The quantitative estimate of drug-likeness (QED) is 0.342. The average molecular weight is 196 g/mol. The Morgan fingerprint density at radius 1 is 1.08 bits per heavy atom. The molecule has 0 aromatic carbocycles. The Morgan fingerprint density at radius 2 is 1.54 bits per heavy atom. The van der Waals surface area contributed by atoms with Gasteiger partial charge in [0.05, 0.1) is 26.1 Å². The van der Waals surface area contributed by atoms with Crippen LogP contribution in [0.2, 0.25) is 0 Å². The average Bonchev–Trinajstić information content (AvgIpc) is 2.01. The Labute approximate surface area is 74.1 Å². The molecule has 0 bridgehead atoms. The summed E-state index contributed by atoms with van der Waals surface area (Å²) in [6.45, 7) is -0.412. The molecule has 0 aliphatic rings. The number of aliphatic hydroxyl groups is 1. The molecule has 0 unspecified atom stereocenters. The second kappa shape index (κ2) is 10.8. The zero-order valence-electron chi connectivity index (χ0n) is 6.84. The lowest BCUT2D eigenvalue weighted by Crippen LogP contribution is -1.99. The number of hydrogen-bond acceptors (Lipinski definition) is 5. The van der Waals surface area contributed by atoms with Gasteiger partial charge in [-0.3, -0.25) is 14.8 Å². The molecule has 0 amide bonds. The Hall–Kier alpha value is -1.18. The molecule has 0 aliphatic carbocycles. The summed E-state index contributed by atoms with van der Waals surface area (Å²) in [4.78, 5) is 22.5. The number of carboxylic acid groups (broad SMARTS) is 2. The highest BCUT2D eigenvalue weighted by atomic mass is 17.1. The summed E-state index contributed by atoms with van der Waals surface area (Å²) in [6.07, 6.45) is -0.309. The van der Waals surface area contributed by atoms with Crippen LogP contribution in [0.15, 0.2) is 0 Å². The van der Waals surface area contributed by atoms with Gasteiger partial charge >= 0.3 is 11.9 Å². The van der Waals surface area contributed by atoms with E-state index in [4.69, 9.17) is 20.6 Å². The number of carboxylic acids is 2. The van der Waals surface area contributed by atoms with Crippen LogP contribution in [-0.4, -0.2) is 45.7 Å². The Balaban J connectivity index is 0. The van der Waals surface area contributed by atoms with E-state index in [-0.39, 0.29) is 26.1 Å². The normalized spacial score (nSPS) is 8.46. The van der Waals surface area contributed by atoms with Crippen LogP contribution in [0.5, 0.6) is 0 Å². The standard InChI is InChI=1S/C3H6O4.C3H6O3/c4-3(5)1-2-7-6;4-2-1-3(5)6/h6H,1-2H2,(H,4,5);4H,1-2H2,(H,5,6). The van der Waals surface area contributed by atoms with Gasteiger partial charge in [-0.15, -0.1) is 0 Å². The highest BCUT2D eigenvalue weighted by Crippen LogP contribution is 1.76. The summed E-state index contributed by atoms with van der Waals surface area (Å²) >= 11 is 0. The Kier molecular flexibility index (Phi) is 11.9. The molecule has 0 saturated heterocycles. The fourth-order valence-corrected chi connectivity index (χ4v) is 0.229. The number of carbonyl (C=O) groups is 2. The maximum absolute atomic E-state index is 9.57. The molecule has 4 N–H and O–H groups in total. The lowest BCUT2D eigenvalue weighted by atomic mass is 10.5. The first kappa shape index (κ1) is 14.3. The molecule has 13 heavy (non-hydrogen) atoms. The smallest absolute Gasteiger partial charge is 0.305 e. The molecule has 0 aromatic rings. The van der Waals surface area contributed by atoms with Crippen LogP contribution in [0, 0.1) is 0 Å². The van der Waals surface area contributed by atoms with Gasteiger partial charge in [-0.2, -0.15) is 0 Å². The van der Waals surface area contributed by atoms with E-state index in [9.17, 15) is 9.59 Å². The fraction of sp³-hybridized carbons (Fsp3) is 0.667. The second-order valence-electron chi connectivity index (χ2n) is 1.84. The summed E-state index contributed by atoms with van der Waals surface area (Å²) in [5.74, 6) is -1.94. The molecule has 7 nitrogen and oxygen atoms in total. The van der Waals surface area contributed by atoms with Gasteiger partial charge in [-0.25, -0.2) is 4.89 Å². The molecule has 0 atom stereocenters. The largest absolute Gasteiger partial charge is 0.481 e. The molecule has 0 spiro atoms. The summed E-state index contributed by atoms with van der Waals surface area (Å²) in [7, 11) is 0. The summed E-state index contributed by atoms with van der Waals surface area (Å²) in [5.41, 5.74) is 0. The van der Waals surface area contributed by atoms with Gasteiger partial charge in [-0.05, 0) is 0 Å². The van der Waals surface area contributed by atoms with Crippen LogP contribution in [0.3, 0.4) is 0 Å². The van der Waals surface area contributed by atoms with Gasteiger partial charge in [0.15, 0.2) is 0 Å². The maximum atomic E-state index is 9.57. The molecule has 0 aliphatic heterocycles. The highest BCUT2D eigenvalue weighted by molar-refractivity contribution is 5.66. The molecule has 7 heteroatoms. The SMILES string of the molecule is O=C(O)CCO.O=C(O)CCOO. The van der Waals surface area contributed by atoms with Crippen molar-refractivity contribution >= 4 is 11.9 Å². The fourth-order valence-electron chi connectivity index (χ4n) is 0.229. The molecule has 0 fully saturated rings. The number of aliphatic hydroxyl groups excluding tert-OH is 1. The molecule has 0 heterocycles. The lowest BCUT2D eigenvalue weighted by Gasteiger charge is -1.86. The van der Waals surface area contributed by atoms with Crippen LogP contribution in [-0.2, 0) is 14.5 Å². The number of hydrogen-bond donors (Lipinski definition) is 4. The van der Waals surface area contributed by atoms with E-state index >= 15 is 0 Å². The van der Waals surface area contributed by atoms with Crippen molar-refractivity contribution in [3.05, 3.63) is 0 Å². The minimum Gasteiger partial charge on any atom is -0.481 e. The van der Waals surface area contributed by atoms with E-state index in [1.165, 1.54) is 0 Å². The third-order valence-electron chi connectivity index (χ3n) is 0.733. The molecule has 0 radical (unpaired) electrons. The zero-order valence-corrected chi connectivity index (χ0v) is 6.84. The van der Waals surface area contributed by atoms with Crippen LogP contribution in [0.1, 0.15) is 12.8 Å². The second-order valence-corrected chi connectivity index (χ2v) is 1.84. The molecule has 0 saturated carbocycles. The van der Waals surface area contributed by atoms with E-state index in [2.05, 4.69) is 4.89 Å². The molecule has 0 aromatic heterocycles. The zero-order chi connectivity index (χ0) is 10.7. The van der Waals surface area contributed by atoms with Crippen molar-refractivity contribution in [1.82, 2.24) is 0 Å². The topological polar surface area (TPSA) is 124 Å².